The highest BCUT2D eigenvalue weighted by molar-refractivity contribution is 7.16. The Balaban J connectivity index is 2.20. The van der Waals surface area contributed by atoms with Crippen molar-refractivity contribution in [3.05, 3.63) is 56.9 Å². The molecule has 0 spiro atoms. The van der Waals surface area contributed by atoms with E-state index in [-0.39, 0.29) is 28.4 Å². The Kier molecular flexibility index (Phi) is 6.11. The molecule has 0 radical (unpaired) electrons. The van der Waals surface area contributed by atoms with Crippen LogP contribution in [-0.2, 0) is 16.1 Å². The van der Waals surface area contributed by atoms with E-state index in [0.717, 1.165) is 10.8 Å². The van der Waals surface area contributed by atoms with Crippen LogP contribution in [0.1, 0.15) is 10.4 Å². The zero-order valence-electron chi connectivity index (χ0n) is 16.3. The SMILES string of the molecule is COC(=O)Cn1c(=NC(=O)c2cc(OC)c(OC)cc2[N+](=O)[O-])sc2ccccc21. The van der Waals surface area contributed by atoms with Gasteiger partial charge in [-0.2, -0.15) is 4.99 Å². The number of hydrogen-bond donors (Lipinski definition) is 0. The maximum Gasteiger partial charge on any atom is 0.325 e. The summed E-state index contributed by atoms with van der Waals surface area (Å²) in [4.78, 5) is 39.8. The number of nitrogens with zero attached hydrogens (tertiary/aromatic N) is 3. The van der Waals surface area contributed by atoms with E-state index in [4.69, 9.17) is 14.2 Å². The number of benzene rings is 2. The molecule has 0 saturated carbocycles. The third-order valence-electron chi connectivity index (χ3n) is 4.23. The number of hydrogen-bond acceptors (Lipinski definition) is 8. The van der Waals surface area contributed by atoms with Crippen LogP contribution in [0, 0.1) is 10.1 Å². The Morgan fingerprint density at radius 3 is 2.43 bits per heavy atom. The smallest absolute Gasteiger partial charge is 0.325 e. The van der Waals surface area contributed by atoms with Gasteiger partial charge in [-0.1, -0.05) is 23.5 Å². The van der Waals surface area contributed by atoms with Crippen LogP contribution in [0.25, 0.3) is 10.2 Å². The Morgan fingerprint density at radius 1 is 1.13 bits per heavy atom. The molecule has 30 heavy (non-hydrogen) atoms. The summed E-state index contributed by atoms with van der Waals surface area (Å²) in [6.45, 7) is -0.166. The predicted octanol–water partition coefficient (Wildman–Crippen LogP) is 2.54. The summed E-state index contributed by atoms with van der Waals surface area (Å²) < 4.78 is 17.2. The summed E-state index contributed by atoms with van der Waals surface area (Å²) in [5.41, 5.74) is -0.0528. The molecule has 0 unspecified atom stereocenters. The van der Waals surface area contributed by atoms with Gasteiger partial charge in [-0.15, -0.1) is 0 Å². The lowest BCUT2D eigenvalue weighted by molar-refractivity contribution is -0.385. The molecular weight excluding hydrogens is 414 g/mol. The molecule has 0 aliphatic carbocycles. The van der Waals surface area contributed by atoms with Gasteiger partial charge in [0.1, 0.15) is 12.1 Å². The summed E-state index contributed by atoms with van der Waals surface area (Å²) >= 11 is 1.17. The summed E-state index contributed by atoms with van der Waals surface area (Å²) in [7, 11) is 3.94. The van der Waals surface area contributed by atoms with Crippen molar-refractivity contribution < 1.29 is 28.7 Å². The van der Waals surface area contributed by atoms with Crippen LogP contribution < -0.4 is 14.3 Å². The molecule has 0 saturated heterocycles. The first kappa shape index (κ1) is 21.0. The van der Waals surface area contributed by atoms with Crippen molar-refractivity contribution in [2.75, 3.05) is 21.3 Å². The van der Waals surface area contributed by atoms with Gasteiger partial charge in [0, 0.05) is 6.07 Å². The second kappa shape index (κ2) is 8.74. The van der Waals surface area contributed by atoms with Gasteiger partial charge in [0.2, 0.25) is 0 Å². The zero-order valence-corrected chi connectivity index (χ0v) is 17.1. The number of amides is 1. The number of rotatable bonds is 6. The molecule has 10 nitrogen and oxygen atoms in total. The minimum Gasteiger partial charge on any atom is -0.493 e. The second-order valence-corrected chi connectivity index (χ2v) is 6.92. The number of nitro groups is 1. The zero-order chi connectivity index (χ0) is 21.8. The average Bonchev–Trinajstić information content (AvgIpc) is 3.09. The number of thiazole rings is 1. The highest BCUT2D eigenvalue weighted by atomic mass is 32.1. The number of methoxy groups -OCH3 is 3. The van der Waals surface area contributed by atoms with Gasteiger partial charge >= 0.3 is 5.97 Å². The maximum absolute atomic E-state index is 12.9. The van der Waals surface area contributed by atoms with Crippen molar-refractivity contribution in [2.45, 2.75) is 6.54 Å². The third-order valence-corrected chi connectivity index (χ3v) is 5.29. The molecular formula is C19H17N3O7S. The lowest BCUT2D eigenvalue weighted by Gasteiger charge is -2.09. The highest BCUT2D eigenvalue weighted by Gasteiger charge is 2.25. The summed E-state index contributed by atoms with van der Waals surface area (Å²) in [5, 5.41) is 11.5. The number of aromatic nitrogens is 1. The van der Waals surface area contributed by atoms with E-state index in [1.165, 1.54) is 43.3 Å². The number of para-hydroxylation sites is 1. The molecule has 0 N–H and O–H groups in total. The predicted molar refractivity (Wildman–Crippen MR) is 108 cm³/mol. The van der Waals surface area contributed by atoms with Crippen molar-refractivity contribution in [1.82, 2.24) is 4.57 Å². The Bertz CT molecular complexity index is 1210. The van der Waals surface area contributed by atoms with Crippen LogP contribution in [0.5, 0.6) is 11.5 Å². The molecule has 1 amide bonds. The molecule has 0 atom stereocenters. The average molecular weight is 431 g/mol. The van der Waals surface area contributed by atoms with Crippen LogP contribution in [0.2, 0.25) is 0 Å². The molecule has 0 aliphatic rings. The first-order valence-electron chi connectivity index (χ1n) is 8.54. The van der Waals surface area contributed by atoms with Crippen molar-refractivity contribution in [2.24, 2.45) is 4.99 Å². The van der Waals surface area contributed by atoms with E-state index in [1.807, 2.05) is 12.1 Å². The standard InChI is InChI=1S/C19H17N3O7S/c1-27-14-8-11(13(22(25)26)9-15(14)28-2)18(24)20-19-21(10-17(23)29-3)12-6-4-5-7-16(12)30-19/h4-9H,10H2,1-3H3. The van der Waals surface area contributed by atoms with Gasteiger partial charge in [-0.05, 0) is 12.1 Å². The second-order valence-electron chi connectivity index (χ2n) is 5.91. The number of fused-ring (bicyclic) bond motifs is 1. The topological polar surface area (TPSA) is 122 Å². The van der Waals surface area contributed by atoms with E-state index in [1.54, 1.807) is 12.1 Å². The van der Waals surface area contributed by atoms with Gasteiger partial charge in [0.15, 0.2) is 16.3 Å². The van der Waals surface area contributed by atoms with Gasteiger partial charge in [0.25, 0.3) is 11.6 Å². The van der Waals surface area contributed by atoms with Crippen molar-refractivity contribution in [1.29, 1.82) is 0 Å². The molecule has 0 aliphatic heterocycles. The van der Waals surface area contributed by atoms with Gasteiger partial charge < -0.3 is 18.8 Å². The first-order valence-corrected chi connectivity index (χ1v) is 9.36. The van der Waals surface area contributed by atoms with E-state index >= 15 is 0 Å². The molecule has 0 bridgehead atoms. The number of carbonyl (C=O) groups excluding carboxylic acids is 2. The lowest BCUT2D eigenvalue weighted by atomic mass is 10.1. The van der Waals surface area contributed by atoms with Crippen LogP contribution in [0.3, 0.4) is 0 Å². The summed E-state index contributed by atoms with van der Waals surface area (Å²) in [6.07, 6.45) is 0. The maximum atomic E-state index is 12.9. The van der Waals surface area contributed by atoms with E-state index < -0.39 is 22.5 Å². The Morgan fingerprint density at radius 2 is 1.80 bits per heavy atom. The minimum atomic E-state index is -0.854. The molecule has 2 aromatic carbocycles. The molecule has 1 aromatic heterocycles. The fraction of sp³-hybridized carbons (Fsp3) is 0.211. The quantitative estimate of drug-likeness (QED) is 0.334. The van der Waals surface area contributed by atoms with E-state index in [9.17, 15) is 19.7 Å². The summed E-state index contributed by atoms with van der Waals surface area (Å²) in [5.74, 6) is -1.11. The molecule has 1 heterocycles. The van der Waals surface area contributed by atoms with Crippen molar-refractivity contribution in [3.8, 4) is 11.5 Å². The van der Waals surface area contributed by atoms with Crippen molar-refractivity contribution in [3.63, 3.8) is 0 Å². The van der Waals surface area contributed by atoms with Crippen LogP contribution in [0.4, 0.5) is 5.69 Å². The Hall–Kier alpha value is -3.73. The normalized spacial score (nSPS) is 11.4. The van der Waals surface area contributed by atoms with E-state index in [0.29, 0.717) is 5.52 Å². The fourth-order valence-corrected chi connectivity index (χ4v) is 3.82. The monoisotopic (exact) mass is 431 g/mol. The van der Waals surface area contributed by atoms with Gasteiger partial charge in [-0.25, -0.2) is 0 Å². The van der Waals surface area contributed by atoms with E-state index in [2.05, 4.69) is 4.99 Å². The Labute approximate surface area is 174 Å². The number of esters is 1. The van der Waals surface area contributed by atoms with Crippen molar-refractivity contribution >= 4 is 39.1 Å². The molecule has 3 rings (SSSR count). The van der Waals surface area contributed by atoms with Crippen LogP contribution in [0.15, 0.2) is 41.4 Å². The molecule has 3 aromatic rings. The van der Waals surface area contributed by atoms with Crippen LogP contribution >= 0.6 is 11.3 Å². The number of nitro benzene ring substituents is 1. The third kappa shape index (κ3) is 4.01. The van der Waals surface area contributed by atoms with Crippen LogP contribution in [-0.4, -0.2) is 42.7 Å². The largest absolute Gasteiger partial charge is 0.493 e. The highest BCUT2D eigenvalue weighted by Crippen LogP contribution is 2.34. The fourth-order valence-electron chi connectivity index (χ4n) is 2.79. The number of ether oxygens (including phenoxy) is 3. The summed E-state index contributed by atoms with van der Waals surface area (Å²) in [6, 6.07) is 9.50. The first-order chi connectivity index (χ1) is 14.4. The van der Waals surface area contributed by atoms with Gasteiger partial charge in [0.05, 0.1) is 42.5 Å². The van der Waals surface area contributed by atoms with Gasteiger partial charge in [-0.3, -0.25) is 19.7 Å². The molecule has 156 valence electrons. The minimum absolute atomic E-state index is 0.114. The number of carbonyl (C=O) groups is 2. The molecule has 0 fully saturated rings. The lowest BCUT2D eigenvalue weighted by Crippen LogP contribution is -2.22. The molecule has 11 heteroatoms.